The van der Waals surface area contributed by atoms with Gasteiger partial charge in [-0.1, -0.05) is 29.3 Å². The van der Waals surface area contributed by atoms with Crippen molar-refractivity contribution in [1.29, 1.82) is 0 Å². The Hall–Kier alpha value is -0.740. The van der Waals surface area contributed by atoms with Gasteiger partial charge < -0.3 is 9.84 Å². The van der Waals surface area contributed by atoms with Crippen molar-refractivity contribution in [3.8, 4) is 5.75 Å². The van der Waals surface area contributed by atoms with Crippen LogP contribution in [0.4, 0.5) is 0 Å². The molecule has 0 fully saturated rings. The molecule has 2 nitrogen and oxygen atoms in total. The summed E-state index contributed by atoms with van der Waals surface area (Å²) in [5.74, 6) is 0.557. The van der Waals surface area contributed by atoms with E-state index >= 15 is 0 Å². The Bertz CT molecular complexity index is 644. The third kappa shape index (κ3) is 3.12. The summed E-state index contributed by atoms with van der Waals surface area (Å²) in [6, 6.07) is 8.82. The summed E-state index contributed by atoms with van der Waals surface area (Å²) in [6.07, 6.45) is -0.862. The first kappa shape index (κ1) is 15.6. The molecule has 2 aromatic carbocycles. The lowest BCUT2D eigenvalue weighted by Gasteiger charge is -2.18. The average molecular weight is 376 g/mol. The monoisotopic (exact) mass is 374 g/mol. The summed E-state index contributed by atoms with van der Waals surface area (Å²) in [7, 11) is 1.55. The Balaban J connectivity index is 2.58. The summed E-state index contributed by atoms with van der Waals surface area (Å²) >= 11 is 15.5. The highest BCUT2D eigenvalue weighted by molar-refractivity contribution is 9.10. The second-order valence-electron chi connectivity index (χ2n) is 4.41. The Labute approximate surface area is 136 Å². The van der Waals surface area contributed by atoms with Gasteiger partial charge in [-0.15, -0.1) is 0 Å². The SMILES string of the molecule is COc1c(Br)cc(Cl)cc1C(O)c1cc(Cl)ccc1C. The summed E-state index contributed by atoms with van der Waals surface area (Å²) in [5, 5.41) is 11.7. The second-order valence-corrected chi connectivity index (χ2v) is 6.14. The molecule has 0 aliphatic rings. The minimum absolute atomic E-state index is 0.520. The number of benzene rings is 2. The molecule has 106 valence electrons. The van der Waals surface area contributed by atoms with Gasteiger partial charge in [0.15, 0.2) is 0 Å². The summed E-state index contributed by atoms with van der Waals surface area (Å²) in [4.78, 5) is 0. The van der Waals surface area contributed by atoms with Crippen LogP contribution in [0.1, 0.15) is 22.8 Å². The molecule has 5 heteroatoms. The zero-order valence-electron chi connectivity index (χ0n) is 11.0. The molecule has 0 aliphatic carbocycles. The highest BCUT2D eigenvalue weighted by Gasteiger charge is 2.20. The van der Waals surface area contributed by atoms with Gasteiger partial charge in [0.1, 0.15) is 11.9 Å². The molecule has 1 unspecified atom stereocenters. The number of rotatable bonds is 3. The van der Waals surface area contributed by atoms with Crippen molar-refractivity contribution < 1.29 is 9.84 Å². The molecule has 0 aliphatic heterocycles. The molecule has 0 aromatic heterocycles. The van der Waals surface area contributed by atoms with Crippen LogP contribution in [0.3, 0.4) is 0 Å². The lowest BCUT2D eigenvalue weighted by molar-refractivity contribution is 0.214. The van der Waals surface area contributed by atoms with Gasteiger partial charge in [-0.05, 0) is 58.2 Å². The quantitative estimate of drug-likeness (QED) is 0.803. The third-order valence-electron chi connectivity index (χ3n) is 3.07. The molecule has 0 radical (unpaired) electrons. The van der Waals surface area contributed by atoms with E-state index in [1.54, 1.807) is 31.4 Å². The number of hydrogen-bond acceptors (Lipinski definition) is 2. The fourth-order valence-electron chi connectivity index (χ4n) is 2.07. The lowest BCUT2D eigenvalue weighted by Crippen LogP contribution is -2.05. The highest BCUT2D eigenvalue weighted by Crippen LogP contribution is 2.39. The van der Waals surface area contributed by atoms with E-state index in [0.29, 0.717) is 25.8 Å². The summed E-state index contributed by atoms with van der Waals surface area (Å²) in [6.45, 7) is 1.92. The summed E-state index contributed by atoms with van der Waals surface area (Å²) < 4.78 is 6.04. The van der Waals surface area contributed by atoms with Gasteiger partial charge in [-0.2, -0.15) is 0 Å². The van der Waals surface area contributed by atoms with E-state index in [4.69, 9.17) is 27.9 Å². The zero-order valence-corrected chi connectivity index (χ0v) is 14.1. The van der Waals surface area contributed by atoms with Gasteiger partial charge >= 0.3 is 0 Å². The first-order valence-electron chi connectivity index (χ1n) is 5.91. The van der Waals surface area contributed by atoms with Gasteiger partial charge in [0, 0.05) is 15.6 Å². The number of aryl methyl sites for hydroxylation is 1. The van der Waals surface area contributed by atoms with Gasteiger partial charge in [0.2, 0.25) is 0 Å². The van der Waals surface area contributed by atoms with E-state index < -0.39 is 6.10 Å². The molecule has 0 saturated heterocycles. The molecule has 0 spiro atoms. The minimum Gasteiger partial charge on any atom is -0.495 e. The number of aliphatic hydroxyl groups is 1. The van der Waals surface area contributed by atoms with Crippen LogP contribution in [0.25, 0.3) is 0 Å². The molecular formula is C15H13BrCl2O2. The van der Waals surface area contributed by atoms with Crippen LogP contribution < -0.4 is 4.74 Å². The molecule has 2 rings (SSSR count). The molecular weight excluding hydrogens is 363 g/mol. The van der Waals surface area contributed by atoms with E-state index in [2.05, 4.69) is 15.9 Å². The van der Waals surface area contributed by atoms with E-state index in [1.165, 1.54) is 0 Å². The van der Waals surface area contributed by atoms with Crippen LogP contribution in [0.15, 0.2) is 34.8 Å². The van der Waals surface area contributed by atoms with Crippen molar-refractivity contribution in [2.45, 2.75) is 13.0 Å². The van der Waals surface area contributed by atoms with Gasteiger partial charge in [0.05, 0.1) is 11.6 Å². The van der Waals surface area contributed by atoms with Crippen LogP contribution in [-0.4, -0.2) is 12.2 Å². The third-order valence-corrected chi connectivity index (χ3v) is 4.11. The fraction of sp³-hybridized carbons (Fsp3) is 0.200. The topological polar surface area (TPSA) is 29.5 Å². The van der Waals surface area contributed by atoms with Gasteiger partial charge in [0.25, 0.3) is 0 Å². The maximum Gasteiger partial charge on any atom is 0.139 e. The molecule has 0 amide bonds. The van der Waals surface area contributed by atoms with E-state index in [9.17, 15) is 5.11 Å². The molecule has 0 heterocycles. The van der Waals surface area contributed by atoms with Gasteiger partial charge in [-0.25, -0.2) is 0 Å². The molecule has 1 atom stereocenters. The lowest BCUT2D eigenvalue weighted by atomic mass is 9.97. The standard InChI is InChI=1S/C15H13BrCl2O2/c1-8-3-4-9(17)5-11(8)14(19)12-6-10(18)7-13(16)15(12)20-2/h3-7,14,19H,1-2H3. The Morgan fingerprint density at radius 1 is 1.10 bits per heavy atom. The van der Waals surface area contributed by atoms with Crippen LogP contribution in [0, 0.1) is 6.92 Å². The predicted molar refractivity (Wildman–Crippen MR) is 86.0 cm³/mol. The number of aliphatic hydroxyl groups excluding tert-OH is 1. The van der Waals surface area contributed by atoms with Crippen molar-refractivity contribution >= 4 is 39.1 Å². The van der Waals surface area contributed by atoms with Crippen molar-refractivity contribution in [2.75, 3.05) is 7.11 Å². The van der Waals surface area contributed by atoms with Gasteiger partial charge in [-0.3, -0.25) is 0 Å². The number of halogens is 3. The van der Waals surface area contributed by atoms with E-state index in [0.717, 1.165) is 11.1 Å². The Kier molecular flexibility index (Phi) is 4.97. The Morgan fingerprint density at radius 2 is 1.75 bits per heavy atom. The number of hydrogen-bond donors (Lipinski definition) is 1. The van der Waals surface area contributed by atoms with Crippen LogP contribution in [0.2, 0.25) is 10.0 Å². The van der Waals surface area contributed by atoms with E-state index in [1.807, 2.05) is 13.0 Å². The summed E-state index contributed by atoms with van der Waals surface area (Å²) in [5.41, 5.74) is 2.27. The van der Waals surface area contributed by atoms with Crippen molar-refractivity contribution in [3.05, 3.63) is 61.5 Å². The molecule has 20 heavy (non-hydrogen) atoms. The predicted octanol–water partition coefficient (Wildman–Crippen LogP) is 5.15. The number of methoxy groups -OCH3 is 1. The maximum atomic E-state index is 10.6. The first-order chi connectivity index (χ1) is 9.43. The smallest absolute Gasteiger partial charge is 0.139 e. The van der Waals surface area contributed by atoms with Crippen molar-refractivity contribution in [2.24, 2.45) is 0 Å². The maximum absolute atomic E-state index is 10.6. The van der Waals surface area contributed by atoms with Crippen LogP contribution in [-0.2, 0) is 0 Å². The minimum atomic E-state index is -0.862. The second kappa shape index (κ2) is 6.35. The Morgan fingerprint density at radius 3 is 2.40 bits per heavy atom. The zero-order chi connectivity index (χ0) is 14.9. The average Bonchev–Trinajstić information content (AvgIpc) is 2.40. The van der Waals surface area contributed by atoms with Crippen LogP contribution >= 0.6 is 39.1 Å². The fourth-order valence-corrected chi connectivity index (χ4v) is 3.25. The van der Waals surface area contributed by atoms with E-state index in [-0.39, 0.29) is 0 Å². The molecule has 1 N–H and O–H groups in total. The van der Waals surface area contributed by atoms with Crippen LogP contribution in [0.5, 0.6) is 5.75 Å². The number of ether oxygens (including phenoxy) is 1. The van der Waals surface area contributed by atoms with Crippen molar-refractivity contribution in [1.82, 2.24) is 0 Å². The first-order valence-corrected chi connectivity index (χ1v) is 7.46. The molecule has 0 saturated carbocycles. The molecule has 2 aromatic rings. The normalized spacial score (nSPS) is 12.3. The van der Waals surface area contributed by atoms with Crippen molar-refractivity contribution in [3.63, 3.8) is 0 Å². The highest BCUT2D eigenvalue weighted by atomic mass is 79.9. The largest absolute Gasteiger partial charge is 0.495 e. The molecule has 0 bridgehead atoms.